The highest BCUT2D eigenvalue weighted by atomic mass is 15.2. The van der Waals surface area contributed by atoms with Crippen molar-refractivity contribution in [1.29, 1.82) is 0 Å². The maximum atomic E-state index is 3.78. The van der Waals surface area contributed by atoms with Crippen molar-refractivity contribution >= 4 is 0 Å². The minimum Gasteiger partial charge on any atom is -0.313 e. The SMILES string of the molecule is CCNC1CCC(C)(C)CC1N(CC)C1CCCCC1. The van der Waals surface area contributed by atoms with Crippen molar-refractivity contribution in [2.75, 3.05) is 13.1 Å². The second-order valence-corrected chi connectivity index (χ2v) is 7.76. The highest BCUT2D eigenvalue weighted by Crippen LogP contribution is 2.39. The monoisotopic (exact) mass is 280 g/mol. The van der Waals surface area contributed by atoms with Crippen LogP contribution in [0.2, 0.25) is 0 Å². The summed E-state index contributed by atoms with van der Waals surface area (Å²) in [5.74, 6) is 0. The molecule has 2 saturated carbocycles. The Morgan fingerprint density at radius 2 is 1.75 bits per heavy atom. The Hall–Kier alpha value is -0.0800. The maximum absolute atomic E-state index is 3.78. The second-order valence-electron chi connectivity index (χ2n) is 7.76. The fourth-order valence-corrected chi connectivity index (χ4v) is 4.57. The van der Waals surface area contributed by atoms with Crippen LogP contribution in [-0.4, -0.2) is 36.1 Å². The standard InChI is InChI=1S/C18H36N2/c1-5-19-16-12-13-18(3,4)14-17(16)20(6-2)15-10-8-7-9-11-15/h15-17,19H,5-14H2,1-4H3. The van der Waals surface area contributed by atoms with Gasteiger partial charge in [-0.3, -0.25) is 4.90 Å². The first-order valence-corrected chi connectivity index (χ1v) is 9.06. The molecule has 0 aromatic carbocycles. The molecule has 0 spiro atoms. The van der Waals surface area contributed by atoms with Gasteiger partial charge in [0.15, 0.2) is 0 Å². The van der Waals surface area contributed by atoms with Crippen LogP contribution in [0, 0.1) is 5.41 Å². The molecule has 2 aliphatic carbocycles. The Labute approximate surface area is 126 Å². The summed E-state index contributed by atoms with van der Waals surface area (Å²) in [7, 11) is 0. The molecule has 0 saturated heterocycles. The molecule has 1 N–H and O–H groups in total. The molecule has 2 rings (SSSR count). The average Bonchev–Trinajstić information content (AvgIpc) is 2.43. The van der Waals surface area contributed by atoms with E-state index in [9.17, 15) is 0 Å². The Balaban J connectivity index is 2.09. The lowest BCUT2D eigenvalue weighted by molar-refractivity contribution is 0.0278. The first kappa shape index (κ1) is 16.3. The molecule has 118 valence electrons. The van der Waals surface area contributed by atoms with E-state index in [1.54, 1.807) is 0 Å². The van der Waals surface area contributed by atoms with Crippen LogP contribution in [0.4, 0.5) is 0 Å². The number of likely N-dealkylation sites (N-methyl/N-ethyl adjacent to an activating group) is 2. The highest BCUT2D eigenvalue weighted by molar-refractivity contribution is 4.96. The van der Waals surface area contributed by atoms with Crippen LogP contribution in [-0.2, 0) is 0 Å². The van der Waals surface area contributed by atoms with Crippen LogP contribution in [0.1, 0.15) is 79.1 Å². The van der Waals surface area contributed by atoms with E-state index >= 15 is 0 Å². The number of hydrogen-bond donors (Lipinski definition) is 1. The molecule has 0 heterocycles. The molecule has 0 aromatic rings. The fourth-order valence-electron chi connectivity index (χ4n) is 4.57. The first-order chi connectivity index (χ1) is 9.57. The molecule has 0 aromatic heterocycles. The molecular formula is C18H36N2. The molecule has 0 bridgehead atoms. The number of nitrogens with zero attached hydrogens (tertiary/aromatic N) is 1. The average molecular weight is 280 g/mol. The molecule has 2 atom stereocenters. The molecule has 2 aliphatic rings. The van der Waals surface area contributed by atoms with Gasteiger partial charge in [0.2, 0.25) is 0 Å². The van der Waals surface area contributed by atoms with Gasteiger partial charge in [0.1, 0.15) is 0 Å². The lowest BCUT2D eigenvalue weighted by Gasteiger charge is -2.49. The van der Waals surface area contributed by atoms with E-state index in [0.717, 1.165) is 24.7 Å². The molecule has 0 radical (unpaired) electrons. The lowest BCUT2D eigenvalue weighted by atomic mass is 9.71. The van der Waals surface area contributed by atoms with E-state index in [4.69, 9.17) is 0 Å². The van der Waals surface area contributed by atoms with E-state index in [2.05, 4.69) is 37.9 Å². The molecule has 2 heteroatoms. The normalized spacial score (nSPS) is 31.6. The number of hydrogen-bond acceptors (Lipinski definition) is 2. The smallest absolute Gasteiger partial charge is 0.0257 e. The van der Waals surface area contributed by atoms with Crippen LogP contribution in [0.5, 0.6) is 0 Å². The van der Waals surface area contributed by atoms with Crippen molar-refractivity contribution in [3.8, 4) is 0 Å². The fraction of sp³-hybridized carbons (Fsp3) is 1.00. The molecule has 0 aliphatic heterocycles. The van der Waals surface area contributed by atoms with Gasteiger partial charge in [-0.2, -0.15) is 0 Å². The summed E-state index contributed by atoms with van der Waals surface area (Å²) in [5.41, 5.74) is 0.526. The van der Waals surface area contributed by atoms with Crippen LogP contribution >= 0.6 is 0 Å². The molecule has 2 unspecified atom stereocenters. The van der Waals surface area contributed by atoms with Crippen molar-refractivity contribution < 1.29 is 0 Å². The van der Waals surface area contributed by atoms with Gasteiger partial charge in [-0.15, -0.1) is 0 Å². The summed E-state index contributed by atoms with van der Waals surface area (Å²) < 4.78 is 0. The second kappa shape index (κ2) is 7.26. The van der Waals surface area contributed by atoms with Crippen molar-refractivity contribution in [3.05, 3.63) is 0 Å². The van der Waals surface area contributed by atoms with Gasteiger partial charge in [0.25, 0.3) is 0 Å². The Morgan fingerprint density at radius 3 is 2.35 bits per heavy atom. The molecule has 2 nitrogen and oxygen atoms in total. The van der Waals surface area contributed by atoms with Crippen molar-refractivity contribution in [2.45, 2.75) is 97.2 Å². The lowest BCUT2D eigenvalue weighted by Crippen LogP contribution is -2.57. The third kappa shape index (κ3) is 3.98. The van der Waals surface area contributed by atoms with E-state index in [1.165, 1.54) is 57.9 Å². The summed E-state index contributed by atoms with van der Waals surface area (Å²) in [4.78, 5) is 2.87. The third-order valence-electron chi connectivity index (χ3n) is 5.66. The summed E-state index contributed by atoms with van der Waals surface area (Å²) in [6, 6.07) is 2.33. The van der Waals surface area contributed by atoms with E-state index in [-0.39, 0.29) is 0 Å². The Morgan fingerprint density at radius 1 is 1.05 bits per heavy atom. The minimum atomic E-state index is 0.526. The largest absolute Gasteiger partial charge is 0.313 e. The van der Waals surface area contributed by atoms with Crippen LogP contribution in [0.15, 0.2) is 0 Å². The zero-order chi connectivity index (χ0) is 14.6. The Bertz CT molecular complexity index is 281. The van der Waals surface area contributed by atoms with Crippen molar-refractivity contribution in [1.82, 2.24) is 10.2 Å². The third-order valence-corrected chi connectivity index (χ3v) is 5.66. The molecular weight excluding hydrogens is 244 g/mol. The van der Waals surface area contributed by atoms with Crippen molar-refractivity contribution in [2.24, 2.45) is 5.41 Å². The van der Waals surface area contributed by atoms with E-state index in [0.29, 0.717) is 5.41 Å². The van der Waals surface area contributed by atoms with Gasteiger partial charge in [-0.1, -0.05) is 47.0 Å². The molecule has 2 fully saturated rings. The maximum Gasteiger partial charge on any atom is 0.0257 e. The summed E-state index contributed by atoms with van der Waals surface area (Å²) >= 11 is 0. The topological polar surface area (TPSA) is 15.3 Å². The predicted octanol–water partition coefficient (Wildman–Crippen LogP) is 4.20. The highest BCUT2D eigenvalue weighted by Gasteiger charge is 2.39. The van der Waals surface area contributed by atoms with Gasteiger partial charge in [-0.25, -0.2) is 0 Å². The van der Waals surface area contributed by atoms with Gasteiger partial charge in [0.05, 0.1) is 0 Å². The van der Waals surface area contributed by atoms with Crippen LogP contribution in [0.3, 0.4) is 0 Å². The van der Waals surface area contributed by atoms with Crippen LogP contribution < -0.4 is 5.32 Å². The first-order valence-electron chi connectivity index (χ1n) is 9.06. The zero-order valence-corrected chi connectivity index (χ0v) is 14.3. The van der Waals surface area contributed by atoms with E-state index < -0.39 is 0 Å². The van der Waals surface area contributed by atoms with Gasteiger partial charge in [0, 0.05) is 18.1 Å². The minimum absolute atomic E-state index is 0.526. The Kier molecular flexibility index (Phi) is 5.92. The van der Waals surface area contributed by atoms with Gasteiger partial charge < -0.3 is 5.32 Å². The van der Waals surface area contributed by atoms with E-state index in [1.807, 2.05) is 0 Å². The van der Waals surface area contributed by atoms with Crippen molar-refractivity contribution in [3.63, 3.8) is 0 Å². The molecule has 0 amide bonds. The van der Waals surface area contributed by atoms with Gasteiger partial charge in [-0.05, 0) is 50.6 Å². The predicted molar refractivity (Wildman–Crippen MR) is 88.1 cm³/mol. The van der Waals surface area contributed by atoms with Crippen LogP contribution in [0.25, 0.3) is 0 Å². The zero-order valence-electron chi connectivity index (χ0n) is 14.3. The quantitative estimate of drug-likeness (QED) is 0.812. The number of nitrogens with one attached hydrogen (secondary N) is 1. The van der Waals surface area contributed by atoms with Gasteiger partial charge >= 0.3 is 0 Å². The summed E-state index contributed by atoms with van der Waals surface area (Å²) in [5, 5.41) is 3.78. The summed E-state index contributed by atoms with van der Waals surface area (Å²) in [6.07, 6.45) is 11.3. The summed E-state index contributed by atoms with van der Waals surface area (Å²) in [6.45, 7) is 11.9. The number of rotatable bonds is 5. The molecule has 20 heavy (non-hydrogen) atoms.